The van der Waals surface area contributed by atoms with Crippen LogP contribution in [0.25, 0.3) is 0 Å². The first-order valence-corrected chi connectivity index (χ1v) is 9.15. The van der Waals surface area contributed by atoms with Crippen molar-refractivity contribution in [3.63, 3.8) is 0 Å². The number of hydrogen-bond donors (Lipinski definition) is 1. The predicted molar refractivity (Wildman–Crippen MR) is 101 cm³/mol. The molecule has 6 nitrogen and oxygen atoms in total. The van der Waals surface area contributed by atoms with Gasteiger partial charge in [-0.15, -0.1) is 0 Å². The van der Waals surface area contributed by atoms with Crippen LogP contribution in [0.4, 0.5) is 15.1 Å². The monoisotopic (exact) mass is 372 g/mol. The van der Waals surface area contributed by atoms with Gasteiger partial charge >= 0.3 is 6.09 Å². The molecule has 2 heterocycles. The van der Waals surface area contributed by atoms with Crippen molar-refractivity contribution in [1.82, 2.24) is 14.9 Å². The van der Waals surface area contributed by atoms with Gasteiger partial charge in [-0.25, -0.2) is 19.2 Å². The highest BCUT2D eigenvalue weighted by atomic mass is 19.1. The zero-order chi connectivity index (χ0) is 19.2. The fourth-order valence-corrected chi connectivity index (χ4v) is 2.98. The van der Waals surface area contributed by atoms with Crippen LogP contribution < -0.4 is 5.32 Å². The van der Waals surface area contributed by atoms with Gasteiger partial charge in [-0.3, -0.25) is 0 Å². The molecule has 1 aromatic heterocycles. The molecule has 1 fully saturated rings. The maximum absolute atomic E-state index is 14.5. The Morgan fingerprint density at radius 1 is 1.22 bits per heavy atom. The van der Waals surface area contributed by atoms with Crippen LogP contribution in [0.2, 0.25) is 0 Å². The third-order valence-corrected chi connectivity index (χ3v) is 4.72. The van der Waals surface area contributed by atoms with Crippen molar-refractivity contribution in [3.05, 3.63) is 53.3 Å². The second-order valence-corrected chi connectivity index (χ2v) is 7.02. The summed E-state index contributed by atoms with van der Waals surface area (Å²) in [5, 5.41) is 3.07. The number of aryl methyl sites for hydroxylation is 2. The molecule has 1 aliphatic rings. The summed E-state index contributed by atoms with van der Waals surface area (Å²) in [6.07, 6.45) is 2.43. The van der Waals surface area contributed by atoms with E-state index >= 15 is 0 Å². The van der Waals surface area contributed by atoms with E-state index in [4.69, 9.17) is 4.74 Å². The van der Waals surface area contributed by atoms with Crippen LogP contribution in [-0.4, -0.2) is 46.8 Å². The van der Waals surface area contributed by atoms with Crippen molar-refractivity contribution >= 4 is 12.0 Å². The van der Waals surface area contributed by atoms with E-state index in [0.29, 0.717) is 25.5 Å². The van der Waals surface area contributed by atoms with Crippen LogP contribution in [0, 0.1) is 19.8 Å². The van der Waals surface area contributed by atoms with Crippen molar-refractivity contribution < 1.29 is 13.9 Å². The highest BCUT2D eigenvalue weighted by molar-refractivity contribution is 5.67. The second-order valence-electron chi connectivity index (χ2n) is 7.02. The number of likely N-dealkylation sites (tertiary alicyclic amines) is 1. The van der Waals surface area contributed by atoms with Gasteiger partial charge in [0.05, 0.1) is 6.54 Å². The molecule has 0 bridgehead atoms. The van der Waals surface area contributed by atoms with Crippen molar-refractivity contribution in [2.24, 2.45) is 5.92 Å². The van der Waals surface area contributed by atoms with Crippen LogP contribution >= 0.6 is 0 Å². The molecule has 0 spiro atoms. The summed E-state index contributed by atoms with van der Waals surface area (Å²) in [4.78, 5) is 22.0. The number of amides is 1. The number of halogens is 1. The number of ether oxygens (including phenoxy) is 1. The lowest BCUT2D eigenvalue weighted by molar-refractivity contribution is 0.0544. The summed E-state index contributed by atoms with van der Waals surface area (Å²) in [6.45, 7) is 5.08. The number of anilines is 1. The predicted octanol–water partition coefficient (Wildman–Crippen LogP) is 3.50. The Hall–Kier alpha value is -2.70. The number of carbonyl (C=O) groups excluding carboxylic acids is 1. The van der Waals surface area contributed by atoms with Gasteiger partial charge in [0.25, 0.3) is 0 Å². The van der Waals surface area contributed by atoms with E-state index < -0.39 is 12.3 Å². The summed E-state index contributed by atoms with van der Waals surface area (Å²) < 4.78 is 19.8. The Morgan fingerprint density at radius 3 is 2.59 bits per heavy atom. The molecule has 0 saturated carbocycles. The minimum atomic E-state index is -1.11. The molecule has 3 rings (SSSR count). The van der Waals surface area contributed by atoms with Crippen LogP contribution in [0.15, 0.2) is 36.7 Å². The molecule has 0 radical (unpaired) electrons. The molecule has 0 unspecified atom stereocenters. The lowest BCUT2D eigenvalue weighted by Crippen LogP contribution is -2.46. The molecule has 1 aliphatic heterocycles. The zero-order valence-corrected chi connectivity index (χ0v) is 15.7. The number of rotatable bonds is 5. The molecule has 1 amide bonds. The summed E-state index contributed by atoms with van der Waals surface area (Å²) in [5.41, 5.74) is 3.04. The van der Waals surface area contributed by atoms with Gasteiger partial charge in [0.1, 0.15) is 12.8 Å². The number of benzene rings is 1. The number of carbonyl (C=O) groups is 1. The minimum absolute atomic E-state index is 0.0494. The van der Waals surface area contributed by atoms with E-state index in [0.717, 1.165) is 16.7 Å². The number of hydrogen-bond acceptors (Lipinski definition) is 5. The van der Waals surface area contributed by atoms with Crippen molar-refractivity contribution in [2.45, 2.75) is 33.0 Å². The quantitative estimate of drug-likeness (QED) is 0.870. The van der Waals surface area contributed by atoms with Crippen LogP contribution in [0.1, 0.15) is 23.1 Å². The maximum Gasteiger partial charge on any atom is 0.410 e. The van der Waals surface area contributed by atoms with Gasteiger partial charge in [0.15, 0.2) is 0 Å². The Balaban J connectivity index is 1.43. The first kappa shape index (κ1) is 19.1. The lowest BCUT2D eigenvalue weighted by Gasteiger charge is -2.34. The van der Waals surface area contributed by atoms with Crippen LogP contribution in [-0.2, 0) is 11.3 Å². The normalized spacial score (nSPS) is 19.6. The number of aromatic nitrogens is 2. The molecule has 1 N–H and O–H groups in total. The van der Waals surface area contributed by atoms with Gasteiger partial charge in [0, 0.05) is 31.4 Å². The molecular formula is C20H25FN4O2. The van der Waals surface area contributed by atoms with E-state index in [2.05, 4.69) is 15.3 Å². The number of alkyl halides is 1. The summed E-state index contributed by atoms with van der Waals surface area (Å²) in [7, 11) is 0. The van der Waals surface area contributed by atoms with Gasteiger partial charge in [0.2, 0.25) is 5.95 Å². The summed E-state index contributed by atoms with van der Waals surface area (Å²) in [6, 6.07) is 7.78. The Labute approximate surface area is 158 Å². The van der Waals surface area contributed by atoms with E-state index in [-0.39, 0.29) is 19.1 Å². The molecular weight excluding hydrogens is 347 g/mol. The smallest absolute Gasteiger partial charge is 0.410 e. The fourth-order valence-electron chi connectivity index (χ4n) is 2.98. The third-order valence-electron chi connectivity index (χ3n) is 4.72. The molecule has 1 saturated heterocycles. The SMILES string of the molecule is Cc1ccc(COC(=O)N2CC[C@H](CNc3ncc(C)cn3)[C@H](F)C2)cc1. The average molecular weight is 372 g/mol. The largest absolute Gasteiger partial charge is 0.445 e. The third kappa shape index (κ3) is 5.39. The van der Waals surface area contributed by atoms with Gasteiger partial charge in [-0.2, -0.15) is 0 Å². The maximum atomic E-state index is 14.5. The molecule has 1 aromatic carbocycles. The fraction of sp³-hybridized carbons (Fsp3) is 0.450. The summed E-state index contributed by atoms with van der Waals surface area (Å²) in [5.74, 6) is 0.309. The van der Waals surface area contributed by atoms with Crippen molar-refractivity contribution in [1.29, 1.82) is 0 Å². The van der Waals surface area contributed by atoms with Gasteiger partial charge < -0.3 is 15.0 Å². The van der Waals surface area contributed by atoms with Crippen molar-refractivity contribution in [2.75, 3.05) is 25.0 Å². The molecule has 144 valence electrons. The highest BCUT2D eigenvalue weighted by Gasteiger charge is 2.32. The molecule has 27 heavy (non-hydrogen) atoms. The highest BCUT2D eigenvalue weighted by Crippen LogP contribution is 2.22. The first-order valence-electron chi connectivity index (χ1n) is 9.15. The Morgan fingerprint density at radius 2 is 1.93 bits per heavy atom. The number of piperidine rings is 1. The second kappa shape index (κ2) is 8.79. The lowest BCUT2D eigenvalue weighted by atomic mass is 9.95. The minimum Gasteiger partial charge on any atom is -0.445 e. The van der Waals surface area contributed by atoms with E-state index in [9.17, 15) is 9.18 Å². The van der Waals surface area contributed by atoms with Crippen LogP contribution in [0.5, 0.6) is 0 Å². The zero-order valence-electron chi connectivity index (χ0n) is 15.7. The van der Waals surface area contributed by atoms with Crippen LogP contribution in [0.3, 0.4) is 0 Å². The standard InChI is InChI=1S/C20H25FN4O2/c1-14-3-5-16(6-4-14)13-27-20(26)25-8-7-17(18(21)12-25)11-24-19-22-9-15(2)10-23-19/h3-6,9-10,17-18H,7-8,11-13H2,1-2H3,(H,22,23,24)/t17-,18-/m1/s1. The van der Waals surface area contributed by atoms with E-state index in [1.807, 2.05) is 38.1 Å². The molecule has 2 aromatic rings. The first-order chi connectivity index (χ1) is 13.0. The van der Waals surface area contributed by atoms with E-state index in [1.54, 1.807) is 12.4 Å². The topological polar surface area (TPSA) is 67.3 Å². The average Bonchev–Trinajstić information content (AvgIpc) is 2.67. The Kier molecular flexibility index (Phi) is 6.21. The van der Waals surface area contributed by atoms with E-state index in [1.165, 1.54) is 4.90 Å². The van der Waals surface area contributed by atoms with Crippen molar-refractivity contribution in [3.8, 4) is 0 Å². The number of nitrogens with one attached hydrogen (secondary N) is 1. The number of nitrogens with zero attached hydrogens (tertiary/aromatic N) is 3. The molecule has 0 aliphatic carbocycles. The Bertz CT molecular complexity index is 752. The summed E-state index contributed by atoms with van der Waals surface area (Å²) >= 11 is 0. The van der Waals surface area contributed by atoms with Gasteiger partial charge in [-0.1, -0.05) is 29.8 Å². The molecule has 2 atom stereocenters. The molecule has 7 heteroatoms. The van der Waals surface area contributed by atoms with Gasteiger partial charge in [-0.05, 0) is 31.4 Å².